The zero-order chi connectivity index (χ0) is 18.0. The van der Waals surface area contributed by atoms with E-state index in [0.29, 0.717) is 11.9 Å². The molecule has 8 heteroatoms. The summed E-state index contributed by atoms with van der Waals surface area (Å²) < 4.78 is 39.9. The van der Waals surface area contributed by atoms with Crippen molar-refractivity contribution in [2.45, 2.75) is 19.8 Å². The lowest BCUT2D eigenvalue weighted by molar-refractivity contribution is 0.102. The van der Waals surface area contributed by atoms with Crippen molar-refractivity contribution < 1.29 is 18.0 Å². The van der Waals surface area contributed by atoms with Gasteiger partial charge in [0.25, 0.3) is 5.91 Å². The monoisotopic (exact) mass is 350 g/mol. The fourth-order valence-corrected chi connectivity index (χ4v) is 2.64. The topological polar surface area (TPSA) is 58.1 Å². The van der Waals surface area contributed by atoms with E-state index in [1.165, 1.54) is 12.3 Å². The first kappa shape index (κ1) is 17.2. The Morgan fingerprint density at radius 3 is 2.60 bits per heavy atom. The minimum Gasteiger partial charge on any atom is -0.341 e. The number of nitrogens with zero attached hydrogens (tertiary/aromatic N) is 3. The molecule has 0 bridgehead atoms. The van der Waals surface area contributed by atoms with Crippen LogP contribution in [-0.4, -0.2) is 29.0 Å². The van der Waals surface area contributed by atoms with Gasteiger partial charge in [0.05, 0.1) is 5.69 Å². The highest BCUT2D eigenvalue weighted by molar-refractivity contribution is 6.03. The van der Waals surface area contributed by atoms with Gasteiger partial charge in [0, 0.05) is 19.3 Å². The highest BCUT2D eigenvalue weighted by atomic mass is 19.2. The van der Waals surface area contributed by atoms with E-state index in [2.05, 4.69) is 22.2 Å². The molecule has 1 amide bonds. The maximum Gasteiger partial charge on any atom is 0.274 e. The maximum atomic E-state index is 13.7. The zero-order valence-electron chi connectivity index (χ0n) is 13.6. The molecule has 1 saturated heterocycles. The van der Waals surface area contributed by atoms with Crippen LogP contribution in [0.3, 0.4) is 0 Å². The van der Waals surface area contributed by atoms with E-state index < -0.39 is 29.0 Å². The van der Waals surface area contributed by atoms with Crippen molar-refractivity contribution in [3.63, 3.8) is 0 Å². The maximum absolute atomic E-state index is 13.7. The van der Waals surface area contributed by atoms with E-state index in [1.54, 1.807) is 0 Å². The molecule has 1 aliphatic heterocycles. The Hall–Kier alpha value is -2.64. The number of rotatable bonds is 3. The second-order valence-corrected chi connectivity index (χ2v) is 6.09. The summed E-state index contributed by atoms with van der Waals surface area (Å²) >= 11 is 0. The molecule has 132 valence electrons. The largest absolute Gasteiger partial charge is 0.341 e. The van der Waals surface area contributed by atoms with Crippen LogP contribution < -0.4 is 10.2 Å². The molecule has 0 saturated carbocycles. The van der Waals surface area contributed by atoms with Gasteiger partial charge in [0.1, 0.15) is 5.69 Å². The van der Waals surface area contributed by atoms with Crippen LogP contribution in [0.1, 0.15) is 30.3 Å². The summed E-state index contributed by atoms with van der Waals surface area (Å²) in [5.41, 5.74) is -0.427. The lowest BCUT2D eigenvalue weighted by atomic mass is 10.00. The van der Waals surface area contributed by atoms with Crippen LogP contribution in [0.25, 0.3) is 0 Å². The summed E-state index contributed by atoms with van der Waals surface area (Å²) in [6.07, 6.45) is 3.47. The molecular formula is C17H17F3N4O. The average Bonchev–Trinajstić information content (AvgIpc) is 2.63. The summed E-state index contributed by atoms with van der Waals surface area (Å²) in [6.45, 7) is 3.77. The molecule has 1 N–H and O–H groups in total. The molecule has 1 aromatic carbocycles. The summed E-state index contributed by atoms with van der Waals surface area (Å²) in [5.74, 6) is -4.07. The van der Waals surface area contributed by atoms with Crippen LogP contribution in [0.4, 0.5) is 24.8 Å². The number of halogens is 3. The lowest BCUT2D eigenvalue weighted by Gasteiger charge is -2.30. The molecule has 0 atom stereocenters. The van der Waals surface area contributed by atoms with Crippen molar-refractivity contribution in [3.05, 3.63) is 47.5 Å². The van der Waals surface area contributed by atoms with E-state index in [4.69, 9.17) is 0 Å². The number of hydrogen-bond acceptors (Lipinski definition) is 4. The third-order valence-corrected chi connectivity index (χ3v) is 4.23. The summed E-state index contributed by atoms with van der Waals surface area (Å²) in [5, 5.41) is 2.20. The first-order valence-corrected chi connectivity index (χ1v) is 7.98. The third kappa shape index (κ3) is 3.72. The molecule has 0 unspecified atom stereocenters. The first-order valence-electron chi connectivity index (χ1n) is 7.98. The van der Waals surface area contributed by atoms with Crippen LogP contribution in [0, 0.1) is 23.4 Å². The van der Waals surface area contributed by atoms with E-state index in [9.17, 15) is 18.0 Å². The molecule has 0 aliphatic carbocycles. The average molecular weight is 350 g/mol. The molecule has 2 aromatic rings. The van der Waals surface area contributed by atoms with Gasteiger partial charge < -0.3 is 10.2 Å². The van der Waals surface area contributed by atoms with Gasteiger partial charge in [-0.05, 0) is 37.0 Å². The standard InChI is InChI=1S/C17H17F3N4O/c1-10-5-8-24(9-6-10)17-21-7-4-13(23-17)16(25)22-12-3-2-11(18)14(19)15(12)20/h2-4,7,10H,5-6,8-9H2,1H3,(H,22,25). The van der Waals surface area contributed by atoms with Crippen molar-refractivity contribution in [2.75, 3.05) is 23.3 Å². The Bertz CT molecular complexity index is 791. The Morgan fingerprint density at radius 1 is 1.16 bits per heavy atom. The number of hydrogen-bond donors (Lipinski definition) is 1. The Morgan fingerprint density at radius 2 is 1.88 bits per heavy atom. The van der Waals surface area contributed by atoms with Gasteiger partial charge in [-0.2, -0.15) is 0 Å². The normalized spacial score (nSPS) is 15.3. The Kier molecular flexibility index (Phi) is 4.87. The van der Waals surface area contributed by atoms with Crippen molar-refractivity contribution in [1.82, 2.24) is 9.97 Å². The smallest absolute Gasteiger partial charge is 0.274 e. The van der Waals surface area contributed by atoms with Crippen molar-refractivity contribution in [2.24, 2.45) is 5.92 Å². The molecule has 0 radical (unpaired) electrons. The van der Waals surface area contributed by atoms with Crippen molar-refractivity contribution in [1.29, 1.82) is 0 Å². The first-order chi connectivity index (χ1) is 12.0. The Labute approximate surface area is 142 Å². The second kappa shape index (κ2) is 7.08. The molecule has 1 fully saturated rings. The van der Waals surface area contributed by atoms with Crippen LogP contribution in [-0.2, 0) is 0 Å². The van der Waals surface area contributed by atoms with Crippen LogP contribution in [0.2, 0.25) is 0 Å². The Balaban J connectivity index is 1.77. The fourth-order valence-electron chi connectivity index (χ4n) is 2.64. The molecule has 1 aliphatic rings. The predicted molar refractivity (Wildman–Crippen MR) is 86.9 cm³/mol. The number of benzene rings is 1. The molecule has 25 heavy (non-hydrogen) atoms. The third-order valence-electron chi connectivity index (χ3n) is 4.23. The van der Waals surface area contributed by atoms with Gasteiger partial charge in [-0.25, -0.2) is 23.1 Å². The summed E-state index contributed by atoms with van der Waals surface area (Å²) in [4.78, 5) is 22.6. The van der Waals surface area contributed by atoms with Gasteiger partial charge in [0.15, 0.2) is 17.5 Å². The predicted octanol–water partition coefficient (Wildman–Crippen LogP) is 3.38. The zero-order valence-corrected chi connectivity index (χ0v) is 13.6. The molecule has 2 heterocycles. The fraction of sp³-hybridized carbons (Fsp3) is 0.353. The highest BCUT2D eigenvalue weighted by Crippen LogP contribution is 2.22. The van der Waals surface area contributed by atoms with Gasteiger partial charge in [-0.15, -0.1) is 0 Å². The number of carbonyl (C=O) groups excluding carboxylic acids is 1. The number of amides is 1. The van der Waals surface area contributed by atoms with Crippen molar-refractivity contribution in [3.8, 4) is 0 Å². The lowest BCUT2D eigenvalue weighted by Crippen LogP contribution is -2.34. The number of anilines is 2. The molecule has 3 rings (SSSR count). The molecule has 5 nitrogen and oxygen atoms in total. The quantitative estimate of drug-likeness (QED) is 0.862. The molecule has 1 aromatic heterocycles. The number of nitrogens with one attached hydrogen (secondary N) is 1. The van der Waals surface area contributed by atoms with Gasteiger partial charge >= 0.3 is 0 Å². The van der Waals surface area contributed by atoms with E-state index in [1.807, 2.05) is 4.90 Å². The van der Waals surface area contributed by atoms with E-state index in [-0.39, 0.29) is 5.69 Å². The minimum absolute atomic E-state index is 0.0211. The van der Waals surface area contributed by atoms with Gasteiger partial charge in [0.2, 0.25) is 5.95 Å². The van der Waals surface area contributed by atoms with Crippen LogP contribution in [0.15, 0.2) is 24.4 Å². The summed E-state index contributed by atoms with van der Waals surface area (Å²) in [6, 6.07) is 3.08. The number of aromatic nitrogens is 2. The van der Waals surface area contributed by atoms with Gasteiger partial charge in [-0.1, -0.05) is 6.92 Å². The molecular weight excluding hydrogens is 333 g/mol. The second-order valence-electron chi connectivity index (χ2n) is 6.09. The van der Waals surface area contributed by atoms with E-state index in [0.717, 1.165) is 38.1 Å². The van der Waals surface area contributed by atoms with Crippen LogP contribution >= 0.6 is 0 Å². The summed E-state index contributed by atoms with van der Waals surface area (Å²) in [7, 11) is 0. The number of piperidine rings is 1. The highest BCUT2D eigenvalue weighted by Gasteiger charge is 2.20. The van der Waals surface area contributed by atoms with E-state index >= 15 is 0 Å². The van der Waals surface area contributed by atoms with Crippen LogP contribution in [0.5, 0.6) is 0 Å². The minimum atomic E-state index is -1.64. The molecule has 0 spiro atoms. The SMILES string of the molecule is CC1CCN(c2nccc(C(=O)Nc3ccc(F)c(F)c3F)n2)CC1. The van der Waals surface area contributed by atoms with Crippen molar-refractivity contribution >= 4 is 17.5 Å². The van der Waals surface area contributed by atoms with Gasteiger partial charge in [-0.3, -0.25) is 4.79 Å². The number of carbonyl (C=O) groups is 1.